The lowest BCUT2D eigenvalue weighted by Crippen LogP contribution is -2.51. The highest BCUT2D eigenvalue weighted by atomic mass is 16.2. The van der Waals surface area contributed by atoms with E-state index >= 15 is 0 Å². The van der Waals surface area contributed by atoms with E-state index < -0.39 is 11.6 Å². The average Bonchev–Trinajstić information content (AvgIpc) is 3.15. The van der Waals surface area contributed by atoms with Crippen LogP contribution in [0.15, 0.2) is 6.07 Å². The highest BCUT2D eigenvalue weighted by molar-refractivity contribution is 6.08. The van der Waals surface area contributed by atoms with Gasteiger partial charge in [0.2, 0.25) is 5.91 Å². The van der Waals surface area contributed by atoms with Gasteiger partial charge in [0.05, 0.1) is 5.69 Å². The molecule has 2 N–H and O–H groups in total. The lowest BCUT2D eigenvalue weighted by atomic mass is 9.82. The molecule has 29 heavy (non-hydrogen) atoms. The van der Waals surface area contributed by atoms with Crippen molar-refractivity contribution in [2.45, 2.75) is 71.3 Å². The first kappa shape index (κ1) is 19.4. The summed E-state index contributed by atoms with van der Waals surface area (Å²) in [6.07, 6.45) is 4.68. The molecule has 2 aromatic rings. The van der Waals surface area contributed by atoms with Crippen LogP contribution in [-0.2, 0) is 16.0 Å². The zero-order valence-corrected chi connectivity index (χ0v) is 17.0. The van der Waals surface area contributed by atoms with Crippen molar-refractivity contribution in [1.82, 2.24) is 30.3 Å². The number of nitrogens with zero attached hydrogens (tertiary/aromatic N) is 4. The van der Waals surface area contributed by atoms with E-state index in [4.69, 9.17) is 0 Å². The van der Waals surface area contributed by atoms with Gasteiger partial charge >= 0.3 is 6.03 Å². The molecule has 1 saturated carbocycles. The number of aryl methyl sites for hydroxylation is 3. The Balaban J connectivity index is 1.44. The van der Waals surface area contributed by atoms with Gasteiger partial charge in [-0.05, 0) is 45.6 Å². The molecule has 9 heteroatoms. The molecule has 2 aliphatic rings. The van der Waals surface area contributed by atoms with Crippen molar-refractivity contribution < 1.29 is 14.4 Å². The highest BCUT2D eigenvalue weighted by Crippen LogP contribution is 2.33. The highest BCUT2D eigenvalue weighted by Gasteiger charge is 2.52. The van der Waals surface area contributed by atoms with Crippen molar-refractivity contribution >= 4 is 23.5 Å². The van der Waals surface area contributed by atoms with Gasteiger partial charge in [0, 0.05) is 23.9 Å². The molecule has 1 aliphatic heterocycles. The van der Waals surface area contributed by atoms with Gasteiger partial charge < -0.3 is 5.32 Å². The smallest absolute Gasteiger partial charge is 0.322 e. The second kappa shape index (κ2) is 7.13. The van der Waals surface area contributed by atoms with E-state index in [0.29, 0.717) is 19.3 Å². The summed E-state index contributed by atoms with van der Waals surface area (Å²) in [6, 6.07) is 1.36. The molecule has 0 unspecified atom stereocenters. The summed E-state index contributed by atoms with van der Waals surface area (Å²) in [7, 11) is 0. The van der Waals surface area contributed by atoms with Crippen LogP contribution in [0, 0.1) is 20.8 Å². The molecule has 0 bridgehead atoms. The van der Waals surface area contributed by atoms with Crippen LogP contribution in [0.2, 0.25) is 0 Å². The number of hydrogen-bond donors (Lipinski definition) is 2. The summed E-state index contributed by atoms with van der Waals surface area (Å²) < 4.78 is 1.78. The fourth-order valence-corrected chi connectivity index (χ4v) is 4.44. The van der Waals surface area contributed by atoms with E-state index in [1.165, 1.54) is 0 Å². The molecule has 0 radical (unpaired) electrons. The molecule has 3 heterocycles. The third-order valence-corrected chi connectivity index (χ3v) is 5.99. The number of hydrazine groups is 1. The maximum absolute atomic E-state index is 12.8. The van der Waals surface area contributed by atoms with E-state index in [2.05, 4.69) is 20.8 Å². The van der Waals surface area contributed by atoms with Gasteiger partial charge in [0.1, 0.15) is 5.54 Å². The molecule has 2 fully saturated rings. The summed E-state index contributed by atoms with van der Waals surface area (Å²) >= 11 is 0. The topological polar surface area (TPSA) is 109 Å². The van der Waals surface area contributed by atoms with Crippen molar-refractivity contribution in [2.75, 3.05) is 0 Å². The molecule has 2 aromatic heterocycles. The van der Waals surface area contributed by atoms with Crippen molar-refractivity contribution in [2.24, 2.45) is 0 Å². The first-order valence-electron chi connectivity index (χ1n) is 10.1. The number of amides is 4. The third kappa shape index (κ3) is 3.34. The summed E-state index contributed by atoms with van der Waals surface area (Å²) in [4.78, 5) is 42.1. The van der Waals surface area contributed by atoms with Gasteiger partial charge in [-0.15, -0.1) is 0 Å². The van der Waals surface area contributed by atoms with E-state index in [9.17, 15) is 14.4 Å². The Bertz CT molecular complexity index is 1010. The predicted molar refractivity (Wildman–Crippen MR) is 105 cm³/mol. The minimum Gasteiger partial charge on any atom is -0.322 e. The summed E-state index contributed by atoms with van der Waals surface area (Å²) in [5.74, 6) is -0.727. The van der Waals surface area contributed by atoms with Gasteiger partial charge in [0.15, 0.2) is 5.65 Å². The molecule has 1 saturated heterocycles. The molecule has 0 aromatic carbocycles. The van der Waals surface area contributed by atoms with Crippen molar-refractivity contribution in [3.63, 3.8) is 0 Å². The van der Waals surface area contributed by atoms with Gasteiger partial charge in [-0.1, -0.05) is 19.3 Å². The van der Waals surface area contributed by atoms with E-state index in [-0.39, 0.29) is 18.2 Å². The zero-order chi connectivity index (χ0) is 20.8. The zero-order valence-electron chi connectivity index (χ0n) is 17.0. The van der Waals surface area contributed by atoms with Crippen LogP contribution in [0.3, 0.4) is 0 Å². The second-order valence-corrected chi connectivity index (χ2v) is 8.07. The monoisotopic (exact) mass is 398 g/mol. The van der Waals surface area contributed by atoms with Crippen LogP contribution in [-0.4, -0.2) is 43.0 Å². The molecular weight excluding hydrogens is 372 g/mol. The first-order valence-corrected chi connectivity index (χ1v) is 10.1. The molecule has 1 spiro atoms. The molecular formula is C20H26N6O3. The normalized spacial score (nSPS) is 18.5. The lowest BCUT2D eigenvalue weighted by molar-refractivity contribution is -0.139. The Morgan fingerprint density at radius 2 is 1.93 bits per heavy atom. The van der Waals surface area contributed by atoms with Crippen LogP contribution >= 0.6 is 0 Å². The average molecular weight is 398 g/mol. The fourth-order valence-electron chi connectivity index (χ4n) is 4.44. The Labute approximate surface area is 168 Å². The number of urea groups is 1. The lowest BCUT2D eigenvalue weighted by Gasteiger charge is -2.30. The van der Waals surface area contributed by atoms with Crippen molar-refractivity contribution in [3.05, 3.63) is 28.7 Å². The van der Waals surface area contributed by atoms with Gasteiger partial charge in [-0.25, -0.2) is 14.3 Å². The number of rotatable bonds is 4. The fraction of sp³-hybridized carbons (Fsp3) is 0.550. The largest absolute Gasteiger partial charge is 0.344 e. The van der Waals surface area contributed by atoms with Gasteiger partial charge in [0.25, 0.3) is 5.91 Å². The van der Waals surface area contributed by atoms with Gasteiger partial charge in [-0.2, -0.15) is 10.1 Å². The Morgan fingerprint density at radius 1 is 1.21 bits per heavy atom. The van der Waals surface area contributed by atoms with Crippen LogP contribution in [0.4, 0.5) is 4.79 Å². The number of fused-ring (bicyclic) bond motifs is 1. The van der Waals surface area contributed by atoms with E-state index in [1.54, 1.807) is 4.52 Å². The summed E-state index contributed by atoms with van der Waals surface area (Å²) in [5.41, 5.74) is 6.03. The quantitative estimate of drug-likeness (QED) is 0.765. The number of aromatic nitrogens is 3. The minimum atomic E-state index is -0.845. The van der Waals surface area contributed by atoms with Crippen LogP contribution < -0.4 is 10.7 Å². The maximum atomic E-state index is 12.8. The number of carbonyl (C=O) groups is 3. The SMILES string of the molecule is Cc1cc2nc(C)c(CCC(=O)NN3C(=O)NC4(CCCCC4)C3=O)c(C)n2n1. The van der Waals surface area contributed by atoms with E-state index in [0.717, 1.165) is 52.6 Å². The Hall–Kier alpha value is -2.97. The number of imide groups is 1. The number of hydrogen-bond acceptors (Lipinski definition) is 5. The summed E-state index contributed by atoms with van der Waals surface area (Å²) in [5, 5.41) is 8.08. The Kier molecular flexibility index (Phi) is 4.76. The molecule has 4 rings (SSSR count). The van der Waals surface area contributed by atoms with Crippen LogP contribution in [0.25, 0.3) is 5.65 Å². The standard InChI is InChI=1S/C20H26N6O3/c1-12-11-16-21-13(2)15(14(3)25(16)23-12)7-8-17(27)24-26-18(28)20(22-19(26)29)9-5-4-6-10-20/h11H,4-10H2,1-3H3,(H,22,29)(H,24,27). The first-order chi connectivity index (χ1) is 13.8. The molecule has 154 valence electrons. The van der Waals surface area contributed by atoms with Gasteiger partial charge in [-0.3, -0.25) is 15.0 Å². The summed E-state index contributed by atoms with van der Waals surface area (Å²) in [6.45, 7) is 5.77. The molecule has 4 amide bonds. The number of nitrogens with one attached hydrogen (secondary N) is 2. The third-order valence-electron chi connectivity index (χ3n) is 5.99. The van der Waals surface area contributed by atoms with Crippen LogP contribution in [0.5, 0.6) is 0 Å². The molecule has 9 nitrogen and oxygen atoms in total. The molecule has 1 aliphatic carbocycles. The van der Waals surface area contributed by atoms with Crippen molar-refractivity contribution in [1.29, 1.82) is 0 Å². The molecule has 0 atom stereocenters. The number of carbonyl (C=O) groups excluding carboxylic acids is 3. The second-order valence-electron chi connectivity index (χ2n) is 8.07. The minimum absolute atomic E-state index is 0.138. The predicted octanol–water partition coefficient (Wildman–Crippen LogP) is 1.87. The van der Waals surface area contributed by atoms with Crippen LogP contribution in [0.1, 0.15) is 61.2 Å². The van der Waals surface area contributed by atoms with E-state index in [1.807, 2.05) is 26.8 Å². The van der Waals surface area contributed by atoms with Crippen molar-refractivity contribution in [3.8, 4) is 0 Å². The maximum Gasteiger partial charge on any atom is 0.344 e. The Morgan fingerprint density at radius 3 is 2.66 bits per heavy atom.